The van der Waals surface area contributed by atoms with Gasteiger partial charge in [0.2, 0.25) is 0 Å². The van der Waals surface area contributed by atoms with Crippen molar-refractivity contribution >= 4 is 15.9 Å². The molecule has 0 aliphatic heterocycles. The lowest BCUT2D eigenvalue weighted by atomic mass is 9.97. The number of ether oxygens (including phenoxy) is 1. The average Bonchev–Trinajstić information content (AvgIpc) is 2.21. The van der Waals surface area contributed by atoms with Crippen LogP contribution in [0.3, 0.4) is 0 Å². The second-order valence-electron chi connectivity index (χ2n) is 3.37. The summed E-state index contributed by atoms with van der Waals surface area (Å²) >= 11 is 3.54. The predicted octanol–water partition coefficient (Wildman–Crippen LogP) is 3.51. The molecule has 0 spiro atoms. The lowest BCUT2D eigenvalue weighted by Gasteiger charge is -2.16. The molecule has 78 valence electrons. The van der Waals surface area contributed by atoms with Crippen molar-refractivity contribution in [1.82, 2.24) is 0 Å². The number of benzene rings is 1. The topological polar surface area (TPSA) is 9.23 Å². The predicted molar refractivity (Wildman–Crippen MR) is 64.2 cm³/mol. The van der Waals surface area contributed by atoms with Crippen molar-refractivity contribution in [3.63, 3.8) is 0 Å². The Labute approximate surface area is 94.6 Å². The highest BCUT2D eigenvalue weighted by atomic mass is 79.9. The molecule has 0 N–H and O–H groups in total. The first-order valence-corrected chi connectivity index (χ1v) is 6.11. The van der Waals surface area contributed by atoms with Crippen molar-refractivity contribution in [2.45, 2.75) is 19.8 Å². The molecule has 1 nitrogen and oxygen atoms in total. The number of rotatable bonds is 5. The Kier molecular flexibility index (Phi) is 5.20. The van der Waals surface area contributed by atoms with Crippen molar-refractivity contribution in [2.24, 2.45) is 0 Å². The van der Waals surface area contributed by atoms with Gasteiger partial charge in [-0.3, -0.25) is 0 Å². The van der Waals surface area contributed by atoms with Crippen LogP contribution in [-0.2, 0) is 4.74 Å². The molecule has 2 heteroatoms. The maximum Gasteiger partial charge on any atom is 0.0542 e. The molecule has 1 unspecified atom stereocenters. The first-order chi connectivity index (χ1) is 6.79. The summed E-state index contributed by atoms with van der Waals surface area (Å²) in [5.41, 5.74) is 2.73. The molecular formula is C12H17BrO. The number of aryl methyl sites for hydroxylation is 1. The zero-order valence-corrected chi connectivity index (χ0v) is 10.4. The van der Waals surface area contributed by atoms with Crippen LogP contribution in [0.1, 0.15) is 24.0 Å². The number of hydrogen-bond acceptors (Lipinski definition) is 1. The van der Waals surface area contributed by atoms with Crippen LogP contribution >= 0.6 is 15.9 Å². The molecule has 1 atom stereocenters. The molecule has 0 radical (unpaired) electrons. The summed E-state index contributed by atoms with van der Waals surface area (Å²) in [4.78, 5) is 0. The van der Waals surface area contributed by atoms with Gasteiger partial charge in [-0.25, -0.2) is 0 Å². The van der Waals surface area contributed by atoms with Gasteiger partial charge in [0.1, 0.15) is 0 Å². The third-order valence-corrected chi connectivity index (χ3v) is 3.12. The number of hydrogen-bond donors (Lipinski definition) is 0. The van der Waals surface area contributed by atoms with E-state index in [9.17, 15) is 0 Å². The standard InChI is InChI=1S/C12H17BrO/c1-3-14-9-11(8-13)12-7-5-4-6-10(12)2/h4-7,11H,3,8-9H2,1-2H3. The highest BCUT2D eigenvalue weighted by Gasteiger charge is 2.11. The Bertz CT molecular complexity index is 273. The highest BCUT2D eigenvalue weighted by Crippen LogP contribution is 2.21. The van der Waals surface area contributed by atoms with Crippen molar-refractivity contribution in [3.05, 3.63) is 35.4 Å². The van der Waals surface area contributed by atoms with Crippen molar-refractivity contribution in [3.8, 4) is 0 Å². The summed E-state index contributed by atoms with van der Waals surface area (Å²) in [6, 6.07) is 8.49. The van der Waals surface area contributed by atoms with Crippen LogP contribution in [-0.4, -0.2) is 18.5 Å². The summed E-state index contributed by atoms with van der Waals surface area (Å²) in [6.07, 6.45) is 0. The fourth-order valence-electron chi connectivity index (χ4n) is 1.52. The van der Waals surface area contributed by atoms with Gasteiger partial charge in [-0.2, -0.15) is 0 Å². The first kappa shape index (κ1) is 11.7. The molecular weight excluding hydrogens is 240 g/mol. The van der Waals surface area contributed by atoms with Gasteiger partial charge in [0, 0.05) is 17.9 Å². The smallest absolute Gasteiger partial charge is 0.0542 e. The molecule has 1 rings (SSSR count). The van der Waals surface area contributed by atoms with E-state index in [1.54, 1.807) is 0 Å². The Morgan fingerprint density at radius 3 is 2.64 bits per heavy atom. The maximum absolute atomic E-state index is 5.47. The fraction of sp³-hybridized carbons (Fsp3) is 0.500. The number of alkyl halides is 1. The van der Waals surface area contributed by atoms with Crippen LogP contribution in [0.5, 0.6) is 0 Å². The van der Waals surface area contributed by atoms with Gasteiger partial charge in [-0.05, 0) is 25.0 Å². The Morgan fingerprint density at radius 2 is 2.07 bits per heavy atom. The summed E-state index contributed by atoms with van der Waals surface area (Å²) < 4.78 is 5.47. The van der Waals surface area contributed by atoms with Crippen molar-refractivity contribution in [2.75, 3.05) is 18.5 Å². The number of halogens is 1. The third kappa shape index (κ3) is 3.10. The van der Waals surface area contributed by atoms with Gasteiger partial charge in [0.15, 0.2) is 0 Å². The SMILES string of the molecule is CCOCC(CBr)c1ccccc1C. The molecule has 0 heterocycles. The molecule has 0 saturated carbocycles. The van der Waals surface area contributed by atoms with Crippen LogP contribution in [0.2, 0.25) is 0 Å². The fourth-order valence-corrected chi connectivity index (χ4v) is 2.06. The molecule has 1 aromatic rings. The van der Waals surface area contributed by atoms with E-state index in [1.807, 2.05) is 6.92 Å². The highest BCUT2D eigenvalue weighted by molar-refractivity contribution is 9.09. The molecule has 0 aliphatic rings. The average molecular weight is 257 g/mol. The van der Waals surface area contributed by atoms with E-state index in [0.29, 0.717) is 5.92 Å². The van der Waals surface area contributed by atoms with E-state index in [-0.39, 0.29) is 0 Å². The minimum Gasteiger partial charge on any atom is -0.381 e. The molecule has 0 aliphatic carbocycles. The monoisotopic (exact) mass is 256 g/mol. The molecule has 0 aromatic heterocycles. The minimum atomic E-state index is 0.469. The maximum atomic E-state index is 5.47. The van der Waals surface area contributed by atoms with Gasteiger partial charge in [0.05, 0.1) is 6.61 Å². The van der Waals surface area contributed by atoms with Gasteiger partial charge < -0.3 is 4.74 Å². The normalized spacial score (nSPS) is 12.8. The molecule has 1 aromatic carbocycles. The third-order valence-electron chi connectivity index (χ3n) is 2.34. The molecule has 0 bridgehead atoms. The largest absolute Gasteiger partial charge is 0.381 e. The molecule has 0 fully saturated rings. The Morgan fingerprint density at radius 1 is 1.36 bits per heavy atom. The van der Waals surface area contributed by atoms with Crippen LogP contribution in [0, 0.1) is 6.92 Å². The van der Waals surface area contributed by atoms with Crippen LogP contribution in [0.15, 0.2) is 24.3 Å². The minimum absolute atomic E-state index is 0.469. The Hall–Kier alpha value is -0.340. The quantitative estimate of drug-likeness (QED) is 0.733. The summed E-state index contributed by atoms with van der Waals surface area (Å²) in [7, 11) is 0. The second-order valence-corrected chi connectivity index (χ2v) is 4.01. The Balaban J connectivity index is 2.73. The second kappa shape index (κ2) is 6.20. The first-order valence-electron chi connectivity index (χ1n) is 4.98. The van der Waals surface area contributed by atoms with E-state index in [4.69, 9.17) is 4.74 Å². The van der Waals surface area contributed by atoms with E-state index < -0.39 is 0 Å². The zero-order valence-electron chi connectivity index (χ0n) is 8.79. The van der Waals surface area contributed by atoms with E-state index >= 15 is 0 Å². The van der Waals surface area contributed by atoms with Crippen LogP contribution in [0.4, 0.5) is 0 Å². The zero-order chi connectivity index (χ0) is 10.4. The van der Waals surface area contributed by atoms with E-state index in [2.05, 4.69) is 47.1 Å². The lowest BCUT2D eigenvalue weighted by molar-refractivity contribution is 0.137. The van der Waals surface area contributed by atoms with Gasteiger partial charge in [-0.1, -0.05) is 40.2 Å². The van der Waals surface area contributed by atoms with Gasteiger partial charge in [0.25, 0.3) is 0 Å². The van der Waals surface area contributed by atoms with Gasteiger partial charge >= 0.3 is 0 Å². The van der Waals surface area contributed by atoms with Crippen molar-refractivity contribution in [1.29, 1.82) is 0 Å². The van der Waals surface area contributed by atoms with Gasteiger partial charge in [-0.15, -0.1) is 0 Å². The molecule has 0 saturated heterocycles. The van der Waals surface area contributed by atoms with Crippen molar-refractivity contribution < 1.29 is 4.74 Å². The van der Waals surface area contributed by atoms with E-state index in [0.717, 1.165) is 18.5 Å². The molecule has 0 amide bonds. The lowest BCUT2D eigenvalue weighted by Crippen LogP contribution is -2.10. The van der Waals surface area contributed by atoms with Crippen LogP contribution < -0.4 is 0 Å². The summed E-state index contributed by atoms with van der Waals surface area (Å²) in [5.74, 6) is 0.469. The summed E-state index contributed by atoms with van der Waals surface area (Å²) in [6.45, 7) is 5.77. The summed E-state index contributed by atoms with van der Waals surface area (Å²) in [5, 5.41) is 0.956. The van der Waals surface area contributed by atoms with Crippen LogP contribution in [0.25, 0.3) is 0 Å². The van der Waals surface area contributed by atoms with E-state index in [1.165, 1.54) is 11.1 Å². The molecule has 14 heavy (non-hydrogen) atoms.